The number of hydrogen-bond acceptors (Lipinski definition) is 4. The van der Waals surface area contributed by atoms with Crippen LogP contribution in [0.15, 0.2) is 180 Å². The van der Waals surface area contributed by atoms with Gasteiger partial charge in [0, 0.05) is 37.7 Å². The molecule has 0 fully saturated rings. The van der Waals surface area contributed by atoms with Crippen LogP contribution in [0.4, 0.5) is 17.1 Å². The van der Waals surface area contributed by atoms with Crippen molar-refractivity contribution in [1.82, 2.24) is 0 Å². The molecule has 10 aromatic rings. The van der Waals surface area contributed by atoms with E-state index in [0.717, 1.165) is 61.6 Å². The molecule has 53 heavy (non-hydrogen) atoms. The summed E-state index contributed by atoms with van der Waals surface area (Å²) in [5.41, 5.74) is 11.7. The van der Waals surface area contributed by atoms with Gasteiger partial charge < -0.3 is 14.1 Å². The molecular formula is C49H29NO2S. The van der Waals surface area contributed by atoms with Crippen LogP contribution in [0.3, 0.4) is 0 Å². The molecule has 2 aliphatic rings. The van der Waals surface area contributed by atoms with E-state index in [1.54, 1.807) is 0 Å². The second-order valence-corrected chi connectivity index (χ2v) is 15.0. The Balaban J connectivity index is 1.17. The first kappa shape index (κ1) is 29.0. The Labute approximate surface area is 309 Å². The smallest absolute Gasteiger partial charge is 0.137 e. The third-order valence-electron chi connectivity index (χ3n) is 11.3. The van der Waals surface area contributed by atoms with E-state index in [1.165, 1.54) is 42.4 Å². The van der Waals surface area contributed by atoms with E-state index < -0.39 is 5.41 Å². The van der Waals surface area contributed by atoms with Crippen LogP contribution >= 0.6 is 11.3 Å². The molecule has 1 spiro atoms. The molecule has 12 rings (SSSR count). The number of nitrogens with zero attached hydrogens (tertiary/aromatic N) is 1. The van der Waals surface area contributed by atoms with E-state index in [-0.39, 0.29) is 0 Å². The van der Waals surface area contributed by atoms with Crippen molar-refractivity contribution in [3.8, 4) is 22.6 Å². The molecule has 0 atom stereocenters. The topological polar surface area (TPSA) is 25.6 Å². The summed E-state index contributed by atoms with van der Waals surface area (Å²) in [7, 11) is 0. The number of fused-ring (bicyclic) bond motifs is 15. The van der Waals surface area contributed by atoms with Gasteiger partial charge in [0.15, 0.2) is 0 Å². The Morgan fingerprint density at radius 3 is 1.94 bits per heavy atom. The van der Waals surface area contributed by atoms with Crippen LogP contribution in [0.2, 0.25) is 0 Å². The number of benzene rings is 8. The van der Waals surface area contributed by atoms with Crippen molar-refractivity contribution >= 4 is 70.5 Å². The minimum Gasteiger partial charge on any atom is -0.457 e. The van der Waals surface area contributed by atoms with Crippen molar-refractivity contribution in [1.29, 1.82) is 0 Å². The van der Waals surface area contributed by atoms with Gasteiger partial charge in [-0.2, -0.15) is 0 Å². The van der Waals surface area contributed by atoms with Gasteiger partial charge in [-0.05, 0) is 82.9 Å². The zero-order chi connectivity index (χ0) is 34.7. The molecule has 3 nitrogen and oxygen atoms in total. The fourth-order valence-corrected chi connectivity index (χ4v) is 10.4. The Kier molecular flexibility index (Phi) is 5.86. The SMILES string of the molecule is c1ccc(N(c2cccc3c2sc2ccccc23)c2cccc3oc4cc5c(cc4c23)-c2ccccc2C52c3ccccc3Oc3ccccc32)cc1. The quantitative estimate of drug-likeness (QED) is 0.184. The molecule has 4 heteroatoms. The average Bonchev–Trinajstić information content (AvgIpc) is 3.87. The van der Waals surface area contributed by atoms with Crippen LogP contribution in [0.5, 0.6) is 11.5 Å². The van der Waals surface area contributed by atoms with Crippen LogP contribution in [0.1, 0.15) is 22.3 Å². The summed E-state index contributed by atoms with van der Waals surface area (Å²) in [5, 5.41) is 4.75. The van der Waals surface area contributed by atoms with Crippen LogP contribution in [0, 0.1) is 0 Å². The largest absolute Gasteiger partial charge is 0.457 e. The summed E-state index contributed by atoms with van der Waals surface area (Å²) < 4.78 is 16.1. The van der Waals surface area contributed by atoms with Crippen LogP contribution < -0.4 is 9.64 Å². The van der Waals surface area contributed by atoms with Gasteiger partial charge in [0.2, 0.25) is 0 Å². The van der Waals surface area contributed by atoms with Crippen molar-refractivity contribution in [3.63, 3.8) is 0 Å². The summed E-state index contributed by atoms with van der Waals surface area (Å²) in [4.78, 5) is 2.42. The first-order valence-corrected chi connectivity index (χ1v) is 18.8. The summed E-state index contributed by atoms with van der Waals surface area (Å²) in [6.07, 6.45) is 0. The van der Waals surface area contributed by atoms with Gasteiger partial charge >= 0.3 is 0 Å². The molecule has 0 radical (unpaired) electrons. The summed E-state index contributed by atoms with van der Waals surface area (Å²) in [6.45, 7) is 0. The maximum Gasteiger partial charge on any atom is 0.137 e. The normalized spacial score (nSPS) is 13.6. The molecule has 1 aliphatic carbocycles. The van der Waals surface area contributed by atoms with Gasteiger partial charge in [-0.1, -0.05) is 115 Å². The highest BCUT2D eigenvalue weighted by Gasteiger charge is 2.51. The lowest BCUT2D eigenvalue weighted by Crippen LogP contribution is -2.32. The molecule has 0 amide bonds. The van der Waals surface area contributed by atoms with Crippen molar-refractivity contribution in [2.24, 2.45) is 0 Å². The fourth-order valence-electron chi connectivity index (χ4n) is 9.23. The van der Waals surface area contributed by atoms with Crippen molar-refractivity contribution in [2.45, 2.75) is 5.41 Å². The third kappa shape index (κ3) is 3.83. The van der Waals surface area contributed by atoms with Gasteiger partial charge in [0.1, 0.15) is 22.7 Å². The highest BCUT2D eigenvalue weighted by atomic mass is 32.1. The summed E-state index contributed by atoms with van der Waals surface area (Å²) in [5.74, 6) is 1.77. The second kappa shape index (κ2) is 10.7. The van der Waals surface area contributed by atoms with Gasteiger partial charge in [0.25, 0.3) is 0 Å². The van der Waals surface area contributed by atoms with Crippen LogP contribution in [0.25, 0.3) is 53.2 Å². The van der Waals surface area contributed by atoms with E-state index in [9.17, 15) is 0 Å². The van der Waals surface area contributed by atoms with Gasteiger partial charge in [-0.25, -0.2) is 0 Å². The Bertz CT molecular complexity index is 3070. The number of anilines is 3. The Hall–Kier alpha value is -6.62. The number of hydrogen-bond donors (Lipinski definition) is 0. The Morgan fingerprint density at radius 2 is 1.11 bits per heavy atom. The van der Waals surface area contributed by atoms with Gasteiger partial charge in [-0.3, -0.25) is 0 Å². The predicted octanol–water partition coefficient (Wildman–Crippen LogP) is 13.9. The molecule has 0 saturated heterocycles. The van der Waals surface area contributed by atoms with Crippen LogP contribution in [-0.4, -0.2) is 0 Å². The minimum atomic E-state index is -0.555. The number of para-hydroxylation sites is 3. The Morgan fingerprint density at radius 1 is 0.453 bits per heavy atom. The third-order valence-corrected chi connectivity index (χ3v) is 12.5. The van der Waals surface area contributed by atoms with Crippen LogP contribution in [-0.2, 0) is 5.41 Å². The monoisotopic (exact) mass is 695 g/mol. The van der Waals surface area contributed by atoms with Gasteiger partial charge in [-0.15, -0.1) is 11.3 Å². The first-order chi connectivity index (χ1) is 26.3. The van der Waals surface area contributed by atoms with Crippen molar-refractivity contribution in [3.05, 3.63) is 198 Å². The van der Waals surface area contributed by atoms with E-state index in [0.29, 0.717) is 0 Å². The van der Waals surface area contributed by atoms with E-state index in [2.05, 4.69) is 181 Å². The molecule has 0 saturated carbocycles. The van der Waals surface area contributed by atoms with E-state index >= 15 is 0 Å². The predicted molar refractivity (Wildman–Crippen MR) is 219 cm³/mol. The molecule has 3 heterocycles. The molecule has 248 valence electrons. The summed E-state index contributed by atoms with van der Waals surface area (Å²) in [6, 6.07) is 63.2. The number of ether oxygens (including phenoxy) is 1. The minimum absolute atomic E-state index is 0.555. The van der Waals surface area contributed by atoms with Gasteiger partial charge in [0.05, 0.1) is 26.9 Å². The lowest BCUT2D eigenvalue weighted by Gasteiger charge is -2.39. The number of thiophene rings is 1. The molecule has 0 N–H and O–H groups in total. The summed E-state index contributed by atoms with van der Waals surface area (Å²) >= 11 is 1.85. The molecule has 8 aromatic carbocycles. The molecule has 0 unspecified atom stereocenters. The number of furan rings is 1. The number of rotatable bonds is 3. The zero-order valence-corrected chi connectivity index (χ0v) is 29.2. The lowest BCUT2D eigenvalue weighted by atomic mass is 9.66. The molecule has 0 bridgehead atoms. The van der Waals surface area contributed by atoms with Crippen molar-refractivity contribution < 1.29 is 9.15 Å². The second-order valence-electron chi connectivity index (χ2n) is 14.0. The highest BCUT2D eigenvalue weighted by Crippen LogP contribution is 2.63. The van der Waals surface area contributed by atoms with Crippen molar-refractivity contribution in [2.75, 3.05) is 4.90 Å². The standard InChI is InChI=1S/C49H29NO2S/c1-2-14-30(15-3-1)50(41-23-12-18-33-32-17-5-11-27-46(32)53-48(33)41)40-22-13-26-44-47(40)35-28-34-31-16-4-6-19-36(31)49(39(34)29-45(35)52-44)37-20-7-9-24-42(37)51-43-25-10-8-21-38(43)49/h1-29H. The first-order valence-electron chi connectivity index (χ1n) is 18.0. The molecular weight excluding hydrogens is 667 g/mol. The molecule has 1 aliphatic heterocycles. The lowest BCUT2D eigenvalue weighted by molar-refractivity contribution is 0.436. The average molecular weight is 696 g/mol. The zero-order valence-electron chi connectivity index (χ0n) is 28.4. The van der Waals surface area contributed by atoms with E-state index in [1.807, 2.05) is 11.3 Å². The fraction of sp³-hybridized carbons (Fsp3) is 0.0204. The molecule has 2 aromatic heterocycles. The maximum atomic E-state index is 6.93. The highest BCUT2D eigenvalue weighted by molar-refractivity contribution is 7.26. The van der Waals surface area contributed by atoms with E-state index in [4.69, 9.17) is 9.15 Å². The maximum absolute atomic E-state index is 6.93.